The lowest BCUT2D eigenvalue weighted by Gasteiger charge is -2.29. The molecule has 0 amide bonds. The second-order valence-electron chi connectivity index (χ2n) is 6.29. The number of phenols is 1. The molecule has 0 bridgehead atoms. The summed E-state index contributed by atoms with van der Waals surface area (Å²) in [6.07, 6.45) is 0. The lowest BCUT2D eigenvalue weighted by Crippen LogP contribution is -2.16. The summed E-state index contributed by atoms with van der Waals surface area (Å²) in [5.41, 5.74) is 4.93. The van der Waals surface area contributed by atoms with Crippen LogP contribution in [0, 0.1) is 20.8 Å². The monoisotopic (exact) mass is 377 g/mol. The van der Waals surface area contributed by atoms with Gasteiger partial charge in [0.1, 0.15) is 5.75 Å². The Morgan fingerprint density at radius 2 is 1.50 bits per heavy atom. The summed E-state index contributed by atoms with van der Waals surface area (Å²) >= 11 is 0. The molecule has 0 heterocycles. The number of nitrogens with one attached hydrogen (secondary N) is 1. The zero-order valence-electron chi connectivity index (χ0n) is 16.1. The van der Waals surface area contributed by atoms with Crippen molar-refractivity contribution in [2.45, 2.75) is 40.4 Å². The maximum absolute atomic E-state index is 13.5. The third-order valence-corrected chi connectivity index (χ3v) is 6.40. The second kappa shape index (κ2) is 8.72. The molecule has 0 aromatic heterocycles. The van der Waals surface area contributed by atoms with E-state index in [0.717, 1.165) is 22.4 Å². The molecule has 26 heavy (non-hydrogen) atoms. The van der Waals surface area contributed by atoms with Crippen LogP contribution in [-0.2, 0) is 13.6 Å². The highest BCUT2D eigenvalue weighted by Crippen LogP contribution is 2.61. The first kappa shape index (κ1) is 20.5. The molecule has 2 rings (SSSR count). The van der Waals surface area contributed by atoms with Crippen molar-refractivity contribution in [2.75, 3.05) is 18.5 Å². The van der Waals surface area contributed by atoms with Gasteiger partial charge in [0.25, 0.3) is 0 Å². The van der Waals surface area contributed by atoms with Gasteiger partial charge in [0.2, 0.25) is 0 Å². The zero-order valence-corrected chi connectivity index (χ0v) is 17.0. The van der Waals surface area contributed by atoms with Crippen molar-refractivity contribution in [3.05, 3.63) is 58.7 Å². The van der Waals surface area contributed by atoms with Crippen LogP contribution in [0.5, 0.6) is 5.75 Å². The molecule has 0 fully saturated rings. The summed E-state index contributed by atoms with van der Waals surface area (Å²) < 4.78 is 24.7. The Morgan fingerprint density at radius 1 is 1.00 bits per heavy atom. The molecule has 0 spiro atoms. The fourth-order valence-electron chi connectivity index (χ4n) is 3.09. The Balaban J connectivity index is 2.53. The third-order valence-electron chi connectivity index (χ3n) is 4.10. The van der Waals surface area contributed by atoms with E-state index >= 15 is 0 Å². The molecular formula is C20H28NO4P. The largest absolute Gasteiger partial charge is 0.508 e. The first-order chi connectivity index (χ1) is 12.3. The minimum absolute atomic E-state index is 0.151. The van der Waals surface area contributed by atoms with Gasteiger partial charge in [-0.2, -0.15) is 0 Å². The molecule has 1 unspecified atom stereocenters. The molecule has 0 radical (unpaired) electrons. The van der Waals surface area contributed by atoms with Crippen molar-refractivity contribution >= 4 is 13.3 Å². The van der Waals surface area contributed by atoms with E-state index < -0.39 is 13.4 Å². The molecule has 0 saturated heterocycles. The Bertz CT molecular complexity index is 756. The van der Waals surface area contributed by atoms with Gasteiger partial charge in [-0.3, -0.25) is 4.57 Å². The van der Waals surface area contributed by atoms with Crippen LogP contribution in [0.25, 0.3) is 0 Å². The van der Waals surface area contributed by atoms with Crippen LogP contribution in [0.3, 0.4) is 0 Å². The summed E-state index contributed by atoms with van der Waals surface area (Å²) in [5.74, 6) is -0.527. The predicted octanol–water partition coefficient (Wildman–Crippen LogP) is 5.69. The lowest BCUT2D eigenvalue weighted by atomic mass is 10.0. The highest BCUT2D eigenvalue weighted by molar-refractivity contribution is 7.54. The van der Waals surface area contributed by atoms with Crippen LogP contribution in [0.1, 0.15) is 41.9 Å². The van der Waals surface area contributed by atoms with Crippen molar-refractivity contribution in [2.24, 2.45) is 0 Å². The fraction of sp³-hybridized carbons (Fsp3) is 0.400. The standard InChI is InChI=1S/C20H28NO4P/c1-6-24-26(23,25-7-2)20(17-8-10-18(22)11-9-17)21-19-15(4)12-14(3)13-16(19)5/h8-13,20-22H,6-7H2,1-5H3. The van der Waals surface area contributed by atoms with Gasteiger partial charge in [0.15, 0.2) is 5.78 Å². The molecule has 6 heteroatoms. The van der Waals surface area contributed by atoms with Crippen molar-refractivity contribution < 1.29 is 18.7 Å². The maximum Gasteiger partial charge on any atom is 0.357 e. The molecule has 0 saturated carbocycles. The van der Waals surface area contributed by atoms with Gasteiger partial charge in [0.05, 0.1) is 13.2 Å². The van der Waals surface area contributed by atoms with Gasteiger partial charge in [-0.05, 0) is 63.4 Å². The topological polar surface area (TPSA) is 67.8 Å². The fourth-order valence-corrected chi connectivity index (χ4v) is 5.01. The molecule has 2 N–H and O–H groups in total. The van der Waals surface area contributed by atoms with Gasteiger partial charge in [-0.1, -0.05) is 29.8 Å². The number of hydrogen-bond donors (Lipinski definition) is 2. The lowest BCUT2D eigenvalue weighted by molar-refractivity contribution is 0.214. The highest BCUT2D eigenvalue weighted by atomic mass is 31.2. The molecule has 2 aromatic rings. The highest BCUT2D eigenvalue weighted by Gasteiger charge is 2.37. The van der Waals surface area contributed by atoms with E-state index in [1.165, 1.54) is 5.56 Å². The average molecular weight is 377 g/mol. The van der Waals surface area contributed by atoms with Crippen LogP contribution in [0.15, 0.2) is 36.4 Å². The number of aryl methyl sites for hydroxylation is 3. The average Bonchev–Trinajstić information content (AvgIpc) is 2.55. The summed E-state index contributed by atoms with van der Waals surface area (Å²) in [5, 5.41) is 13.0. The Kier molecular flexibility index (Phi) is 6.87. The summed E-state index contributed by atoms with van der Waals surface area (Å²) in [7, 11) is -3.48. The second-order valence-corrected chi connectivity index (χ2v) is 8.40. The Labute approximate surface area is 155 Å². The molecule has 1 atom stereocenters. The summed E-state index contributed by atoms with van der Waals surface area (Å²) in [6, 6.07) is 10.8. The number of hydrogen-bond acceptors (Lipinski definition) is 5. The Hall–Kier alpha value is -1.81. The van der Waals surface area contributed by atoms with Gasteiger partial charge < -0.3 is 19.5 Å². The van der Waals surface area contributed by atoms with E-state index in [4.69, 9.17) is 9.05 Å². The van der Waals surface area contributed by atoms with E-state index in [2.05, 4.69) is 17.4 Å². The van der Waals surface area contributed by atoms with Gasteiger partial charge in [-0.25, -0.2) is 0 Å². The van der Waals surface area contributed by atoms with Gasteiger partial charge in [0, 0.05) is 5.69 Å². The van der Waals surface area contributed by atoms with E-state index in [1.807, 2.05) is 20.8 Å². The van der Waals surface area contributed by atoms with Gasteiger partial charge >= 0.3 is 7.60 Å². The molecule has 0 aliphatic rings. The summed E-state index contributed by atoms with van der Waals surface area (Å²) in [4.78, 5) is 0. The first-order valence-corrected chi connectivity index (χ1v) is 10.4. The van der Waals surface area contributed by atoms with Crippen molar-refractivity contribution in [1.29, 1.82) is 0 Å². The van der Waals surface area contributed by atoms with Crippen LogP contribution < -0.4 is 5.32 Å². The molecule has 142 valence electrons. The third kappa shape index (κ3) is 4.67. The number of rotatable bonds is 8. The van der Waals surface area contributed by atoms with Crippen LogP contribution in [0.2, 0.25) is 0 Å². The van der Waals surface area contributed by atoms with Crippen LogP contribution in [-0.4, -0.2) is 18.3 Å². The maximum atomic E-state index is 13.5. The molecule has 0 aliphatic carbocycles. The van der Waals surface area contributed by atoms with E-state index in [9.17, 15) is 9.67 Å². The van der Waals surface area contributed by atoms with E-state index in [0.29, 0.717) is 0 Å². The first-order valence-electron chi connectivity index (χ1n) is 8.82. The van der Waals surface area contributed by atoms with Crippen molar-refractivity contribution in [3.63, 3.8) is 0 Å². The van der Waals surface area contributed by atoms with E-state index in [1.54, 1.807) is 38.1 Å². The van der Waals surface area contributed by atoms with Crippen LogP contribution >= 0.6 is 7.60 Å². The minimum atomic E-state index is -3.48. The van der Waals surface area contributed by atoms with Crippen molar-refractivity contribution in [3.8, 4) is 5.75 Å². The quantitative estimate of drug-likeness (QED) is 0.578. The number of anilines is 1. The zero-order chi connectivity index (χ0) is 19.3. The molecule has 2 aromatic carbocycles. The van der Waals surface area contributed by atoms with E-state index in [-0.39, 0.29) is 19.0 Å². The number of benzene rings is 2. The molecular weight excluding hydrogens is 349 g/mol. The predicted molar refractivity (Wildman–Crippen MR) is 106 cm³/mol. The van der Waals surface area contributed by atoms with Crippen molar-refractivity contribution in [1.82, 2.24) is 0 Å². The number of phenolic OH excluding ortho intramolecular Hbond substituents is 1. The Morgan fingerprint density at radius 3 is 1.96 bits per heavy atom. The SMILES string of the molecule is CCOP(=O)(OCC)C(Nc1c(C)cc(C)cc1C)c1ccc(O)cc1. The minimum Gasteiger partial charge on any atom is -0.508 e. The van der Waals surface area contributed by atoms with Crippen LogP contribution in [0.4, 0.5) is 5.69 Å². The smallest absolute Gasteiger partial charge is 0.357 e. The summed E-state index contributed by atoms with van der Waals surface area (Å²) in [6.45, 7) is 10.2. The molecule has 0 aliphatic heterocycles. The van der Waals surface area contributed by atoms with Gasteiger partial charge in [-0.15, -0.1) is 0 Å². The number of aromatic hydroxyl groups is 1. The molecule has 5 nitrogen and oxygen atoms in total. The normalized spacial score (nSPS) is 12.8.